The third-order valence-electron chi connectivity index (χ3n) is 5.07. The van der Waals surface area contributed by atoms with E-state index in [0.29, 0.717) is 34.6 Å². The number of nitrogens with zero attached hydrogens (tertiary/aromatic N) is 3. The number of hydrogen-bond acceptors (Lipinski definition) is 6. The van der Waals surface area contributed by atoms with Gasteiger partial charge in [0.25, 0.3) is 0 Å². The zero-order valence-electron chi connectivity index (χ0n) is 18.6. The Kier molecular flexibility index (Phi) is 6.87. The van der Waals surface area contributed by atoms with E-state index in [0.717, 1.165) is 24.1 Å². The summed E-state index contributed by atoms with van der Waals surface area (Å²) >= 11 is 0. The van der Waals surface area contributed by atoms with Crippen molar-refractivity contribution in [3.63, 3.8) is 0 Å². The number of methoxy groups -OCH3 is 2. The first-order valence-electron chi connectivity index (χ1n) is 10.5. The molecule has 178 valence electrons. The molecule has 2 aromatic carbocycles. The van der Waals surface area contributed by atoms with E-state index in [9.17, 15) is 13.2 Å². The molecule has 0 saturated heterocycles. The van der Waals surface area contributed by atoms with Crippen LogP contribution in [-0.4, -0.2) is 42.0 Å². The number of pyridine rings is 1. The third kappa shape index (κ3) is 5.76. The summed E-state index contributed by atoms with van der Waals surface area (Å²) < 4.78 is 54.5. The average Bonchev–Trinajstić information content (AvgIpc) is 3.27. The van der Waals surface area contributed by atoms with Crippen molar-refractivity contribution in [3.8, 4) is 22.6 Å². The number of benzene rings is 2. The molecule has 1 N–H and O–H groups in total. The maximum Gasteiger partial charge on any atom is 0.573 e. The Labute approximate surface area is 194 Å². The molecule has 0 aliphatic rings. The predicted molar refractivity (Wildman–Crippen MR) is 122 cm³/mol. The van der Waals surface area contributed by atoms with E-state index < -0.39 is 6.36 Å². The fraction of sp³-hybridized carbons (Fsp3) is 0.250. The molecule has 34 heavy (non-hydrogen) atoms. The first-order chi connectivity index (χ1) is 16.3. The zero-order valence-corrected chi connectivity index (χ0v) is 18.6. The van der Waals surface area contributed by atoms with E-state index in [4.69, 9.17) is 9.47 Å². The standard InChI is InChI=1S/C24H23F3N4O3/c1-32-9-3-8-31-15-17(14-29-31)16-10-18(12-20(11-16)33-2)30-23-6-7-28-22-5-4-19(13-21(22)23)34-24(25,26)27/h4-7,10-15H,3,8-9H2,1-2H3,(H,28,30). The van der Waals surface area contributed by atoms with Crippen LogP contribution in [0.1, 0.15) is 6.42 Å². The minimum atomic E-state index is -4.78. The second kappa shape index (κ2) is 10.0. The molecule has 0 fully saturated rings. The van der Waals surface area contributed by atoms with Crippen LogP contribution in [-0.2, 0) is 11.3 Å². The van der Waals surface area contributed by atoms with E-state index >= 15 is 0 Å². The van der Waals surface area contributed by atoms with Gasteiger partial charge in [-0.2, -0.15) is 5.10 Å². The number of nitrogens with one attached hydrogen (secondary N) is 1. The van der Waals surface area contributed by atoms with Gasteiger partial charge in [0.15, 0.2) is 0 Å². The van der Waals surface area contributed by atoms with Crippen LogP contribution in [0.3, 0.4) is 0 Å². The average molecular weight is 472 g/mol. The molecular weight excluding hydrogens is 449 g/mol. The van der Waals surface area contributed by atoms with Crippen LogP contribution in [0.25, 0.3) is 22.0 Å². The van der Waals surface area contributed by atoms with Crippen molar-refractivity contribution < 1.29 is 27.4 Å². The van der Waals surface area contributed by atoms with E-state index in [1.54, 1.807) is 38.7 Å². The molecular formula is C24H23F3N4O3. The van der Waals surface area contributed by atoms with Gasteiger partial charge in [0, 0.05) is 61.0 Å². The van der Waals surface area contributed by atoms with E-state index in [1.807, 2.05) is 23.0 Å². The molecule has 7 nitrogen and oxygen atoms in total. The van der Waals surface area contributed by atoms with Crippen LogP contribution >= 0.6 is 0 Å². The summed E-state index contributed by atoms with van der Waals surface area (Å²) in [6.07, 6.45) is 1.36. The topological polar surface area (TPSA) is 70.4 Å². The van der Waals surface area contributed by atoms with Crippen molar-refractivity contribution in [3.05, 3.63) is 61.1 Å². The van der Waals surface area contributed by atoms with Crippen molar-refractivity contribution in [2.45, 2.75) is 19.3 Å². The molecule has 0 unspecified atom stereocenters. The maximum atomic E-state index is 12.7. The molecule has 0 bridgehead atoms. The summed E-state index contributed by atoms with van der Waals surface area (Å²) in [6.45, 7) is 1.38. The second-order valence-corrected chi connectivity index (χ2v) is 7.50. The molecule has 10 heteroatoms. The Hall–Kier alpha value is -3.79. The fourth-order valence-corrected chi connectivity index (χ4v) is 3.55. The van der Waals surface area contributed by atoms with Crippen LogP contribution in [0.5, 0.6) is 11.5 Å². The van der Waals surface area contributed by atoms with Crippen molar-refractivity contribution >= 4 is 22.3 Å². The van der Waals surface area contributed by atoms with Gasteiger partial charge in [0.1, 0.15) is 11.5 Å². The summed E-state index contributed by atoms with van der Waals surface area (Å²) in [7, 11) is 3.23. The monoisotopic (exact) mass is 472 g/mol. The SMILES string of the molecule is COCCCn1cc(-c2cc(Nc3ccnc4ccc(OC(F)(F)F)cc34)cc(OC)c2)cn1. The lowest BCUT2D eigenvalue weighted by Gasteiger charge is -2.14. The normalized spacial score (nSPS) is 11.6. The van der Waals surface area contributed by atoms with Gasteiger partial charge in [-0.25, -0.2) is 0 Å². The minimum Gasteiger partial charge on any atom is -0.497 e. The minimum absolute atomic E-state index is 0.316. The predicted octanol–water partition coefficient (Wildman–Crippen LogP) is 5.79. The van der Waals surface area contributed by atoms with Gasteiger partial charge in [-0.05, 0) is 48.4 Å². The van der Waals surface area contributed by atoms with Crippen molar-refractivity contribution in [1.29, 1.82) is 0 Å². The van der Waals surface area contributed by atoms with Gasteiger partial charge in [-0.3, -0.25) is 9.67 Å². The Morgan fingerprint density at radius 3 is 2.62 bits per heavy atom. The van der Waals surface area contributed by atoms with Gasteiger partial charge in [-0.1, -0.05) is 0 Å². The largest absolute Gasteiger partial charge is 0.573 e. The van der Waals surface area contributed by atoms with E-state index in [1.165, 1.54) is 18.2 Å². The number of hydrogen-bond donors (Lipinski definition) is 1. The highest BCUT2D eigenvalue weighted by atomic mass is 19.4. The van der Waals surface area contributed by atoms with Crippen LogP contribution < -0.4 is 14.8 Å². The van der Waals surface area contributed by atoms with Gasteiger partial charge < -0.3 is 19.5 Å². The maximum absolute atomic E-state index is 12.7. The first kappa shape index (κ1) is 23.4. The van der Waals surface area contributed by atoms with E-state index in [-0.39, 0.29) is 5.75 Å². The Bertz CT molecular complexity index is 1270. The quantitative estimate of drug-likeness (QED) is 0.311. The number of anilines is 2. The Balaban J connectivity index is 1.64. The van der Waals surface area contributed by atoms with Gasteiger partial charge in [0.05, 0.1) is 18.8 Å². The van der Waals surface area contributed by atoms with Gasteiger partial charge >= 0.3 is 6.36 Å². The van der Waals surface area contributed by atoms with Crippen LogP contribution in [0.15, 0.2) is 61.1 Å². The number of aromatic nitrogens is 3. The van der Waals surface area contributed by atoms with Gasteiger partial charge in [-0.15, -0.1) is 13.2 Å². The van der Waals surface area contributed by atoms with E-state index in [2.05, 4.69) is 20.1 Å². The lowest BCUT2D eigenvalue weighted by molar-refractivity contribution is -0.274. The third-order valence-corrected chi connectivity index (χ3v) is 5.07. The fourth-order valence-electron chi connectivity index (χ4n) is 3.55. The highest BCUT2D eigenvalue weighted by Gasteiger charge is 2.31. The van der Waals surface area contributed by atoms with Crippen molar-refractivity contribution in [1.82, 2.24) is 14.8 Å². The molecule has 0 radical (unpaired) electrons. The number of halogens is 3. The molecule has 0 aliphatic carbocycles. The summed E-state index contributed by atoms with van der Waals surface area (Å²) in [4.78, 5) is 4.23. The highest BCUT2D eigenvalue weighted by molar-refractivity contribution is 5.94. The Morgan fingerprint density at radius 2 is 1.85 bits per heavy atom. The smallest absolute Gasteiger partial charge is 0.497 e. The second-order valence-electron chi connectivity index (χ2n) is 7.50. The summed E-state index contributed by atoms with van der Waals surface area (Å²) in [5.74, 6) is 0.301. The molecule has 4 rings (SSSR count). The number of fused-ring (bicyclic) bond motifs is 1. The molecule has 0 amide bonds. The summed E-state index contributed by atoms with van der Waals surface area (Å²) in [5.41, 5.74) is 3.57. The molecule has 2 aromatic heterocycles. The highest BCUT2D eigenvalue weighted by Crippen LogP contribution is 2.34. The van der Waals surface area contributed by atoms with Crippen LogP contribution in [0.4, 0.5) is 24.5 Å². The number of ether oxygens (including phenoxy) is 3. The molecule has 0 spiro atoms. The zero-order chi connectivity index (χ0) is 24.1. The molecule has 2 heterocycles. The lowest BCUT2D eigenvalue weighted by Crippen LogP contribution is -2.17. The lowest BCUT2D eigenvalue weighted by atomic mass is 10.1. The molecule has 0 aliphatic heterocycles. The number of aryl methyl sites for hydroxylation is 1. The van der Waals surface area contributed by atoms with Crippen LogP contribution in [0, 0.1) is 0 Å². The summed E-state index contributed by atoms with van der Waals surface area (Å²) in [6, 6.07) is 11.3. The van der Waals surface area contributed by atoms with Crippen molar-refractivity contribution in [2.24, 2.45) is 0 Å². The molecule has 0 saturated carbocycles. The summed E-state index contributed by atoms with van der Waals surface area (Å²) in [5, 5.41) is 8.15. The molecule has 0 atom stereocenters. The number of rotatable bonds is 9. The van der Waals surface area contributed by atoms with Crippen LogP contribution in [0.2, 0.25) is 0 Å². The number of alkyl halides is 3. The Morgan fingerprint density at radius 1 is 1.00 bits per heavy atom. The van der Waals surface area contributed by atoms with Gasteiger partial charge in [0.2, 0.25) is 0 Å². The van der Waals surface area contributed by atoms with Crippen molar-refractivity contribution in [2.75, 3.05) is 26.1 Å². The first-order valence-corrected chi connectivity index (χ1v) is 10.5. The molecule has 4 aromatic rings.